The van der Waals surface area contributed by atoms with E-state index in [9.17, 15) is 5.11 Å². The van der Waals surface area contributed by atoms with Crippen molar-refractivity contribution < 1.29 is 5.11 Å². The van der Waals surface area contributed by atoms with Crippen molar-refractivity contribution in [1.82, 2.24) is 15.0 Å². The second kappa shape index (κ2) is 7.25. The van der Waals surface area contributed by atoms with Gasteiger partial charge in [0.25, 0.3) is 0 Å². The number of aliphatic hydroxyl groups is 1. The second-order valence-corrected chi connectivity index (χ2v) is 5.92. The van der Waals surface area contributed by atoms with Gasteiger partial charge >= 0.3 is 0 Å². The molecule has 1 N–H and O–H groups in total. The molecule has 4 rings (SSSR count). The van der Waals surface area contributed by atoms with Crippen LogP contribution in [0.15, 0.2) is 91.4 Å². The van der Waals surface area contributed by atoms with E-state index in [1.807, 2.05) is 72.8 Å². The fraction of sp³-hybridized carbons (Fsp3) is 0.0455. The number of aliphatic hydroxyl groups excluding tert-OH is 1. The maximum Gasteiger partial charge on any atom is 0.161 e. The summed E-state index contributed by atoms with van der Waals surface area (Å²) in [5, 5.41) is 10.9. The van der Waals surface area contributed by atoms with E-state index in [1.54, 1.807) is 18.6 Å². The molecule has 4 heteroatoms. The van der Waals surface area contributed by atoms with Crippen molar-refractivity contribution in [2.45, 2.75) is 6.10 Å². The van der Waals surface area contributed by atoms with Crippen LogP contribution in [-0.2, 0) is 0 Å². The van der Waals surface area contributed by atoms with E-state index in [2.05, 4.69) is 9.97 Å². The van der Waals surface area contributed by atoms with E-state index in [0.29, 0.717) is 11.4 Å². The predicted octanol–water partition coefficient (Wildman–Crippen LogP) is 4.29. The molecule has 0 aliphatic heterocycles. The lowest BCUT2D eigenvalue weighted by Crippen LogP contribution is -2.06. The number of hydrogen-bond donors (Lipinski definition) is 1. The van der Waals surface area contributed by atoms with Gasteiger partial charge in [0.15, 0.2) is 5.82 Å². The largest absolute Gasteiger partial charge is 0.384 e. The number of benzene rings is 2. The molecule has 0 aliphatic carbocycles. The topological polar surface area (TPSA) is 58.9 Å². The molecular formula is C22H17N3O. The van der Waals surface area contributed by atoms with E-state index in [0.717, 1.165) is 22.4 Å². The molecular weight excluding hydrogens is 322 g/mol. The maximum absolute atomic E-state index is 10.9. The first-order valence-electron chi connectivity index (χ1n) is 8.39. The number of hydrogen-bond acceptors (Lipinski definition) is 4. The van der Waals surface area contributed by atoms with Gasteiger partial charge in [0.2, 0.25) is 0 Å². The summed E-state index contributed by atoms with van der Waals surface area (Å²) >= 11 is 0. The van der Waals surface area contributed by atoms with Gasteiger partial charge in [0, 0.05) is 35.3 Å². The first-order valence-corrected chi connectivity index (χ1v) is 8.39. The Balaban J connectivity index is 1.86. The van der Waals surface area contributed by atoms with Gasteiger partial charge in [0.1, 0.15) is 6.10 Å². The standard InChI is InChI=1S/C22H17N3O/c26-21(17-10-5-2-6-11-17)19-15-24-22(18-12-7-13-23-14-18)25-20(19)16-8-3-1-4-9-16/h1-15,21,26H. The molecule has 0 spiro atoms. The van der Waals surface area contributed by atoms with Crippen molar-refractivity contribution in [1.29, 1.82) is 0 Å². The minimum atomic E-state index is -0.797. The summed E-state index contributed by atoms with van der Waals surface area (Å²) in [5.74, 6) is 0.584. The fourth-order valence-corrected chi connectivity index (χ4v) is 2.87. The van der Waals surface area contributed by atoms with Crippen molar-refractivity contribution >= 4 is 0 Å². The SMILES string of the molecule is OC(c1ccccc1)c1cnc(-c2cccnc2)nc1-c1ccccc1. The third-order valence-corrected chi connectivity index (χ3v) is 4.19. The lowest BCUT2D eigenvalue weighted by atomic mass is 9.98. The Morgan fingerprint density at radius 1 is 0.731 bits per heavy atom. The van der Waals surface area contributed by atoms with E-state index in [4.69, 9.17) is 4.98 Å². The lowest BCUT2D eigenvalue weighted by molar-refractivity contribution is 0.220. The van der Waals surface area contributed by atoms with Crippen LogP contribution < -0.4 is 0 Å². The highest BCUT2D eigenvalue weighted by Gasteiger charge is 2.18. The normalized spacial score (nSPS) is 11.9. The van der Waals surface area contributed by atoms with Gasteiger partial charge < -0.3 is 5.11 Å². The van der Waals surface area contributed by atoms with Crippen LogP contribution in [0, 0.1) is 0 Å². The zero-order valence-electron chi connectivity index (χ0n) is 14.0. The molecule has 1 unspecified atom stereocenters. The van der Waals surface area contributed by atoms with Crippen molar-refractivity contribution in [3.05, 3.63) is 103 Å². The molecule has 126 valence electrons. The molecule has 0 saturated carbocycles. The minimum absolute atomic E-state index is 0.584. The third kappa shape index (κ3) is 3.23. The maximum atomic E-state index is 10.9. The number of rotatable bonds is 4. The van der Waals surface area contributed by atoms with E-state index in [-0.39, 0.29) is 0 Å². The third-order valence-electron chi connectivity index (χ3n) is 4.19. The van der Waals surface area contributed by atoms with Crippen LogP contribution in [0.5, 0.6) is 0 Å². The van der Waals surface area contributed by atoms with Crippen LogP contribution in [0.1, 0.15) is 17.2 Å². The summed E-state index contributed by atoms with van der Waals surface area (Å²) in [7, 11) is 0. The Kier molecular flexibility index (Phi) is 4.50. The predicted molar refractivity (Wildman–Crippen MR) is 101 cm³/mol. The Hall–Kier alpha value is -3.37. The average Bonchev–Trinajstić information content (AvgIpc) is 2.75. The van der Waals surface area contributed by atoms with Crippen molar-refractivity contribution in [2.24, 2.45) is 0 Å². The van der Waals surface area contributed by atoms with Crippen LogP contribution >= 0.6 is 0 Å². The lowest BCUT2D eigenvalue weighted by Gasteiger charge is -2.16. The Labute approximate surface area is 151 Å². The highest BCUT2D eigenvalue weighted by molar-refractivity contribution is 5.67. The fourth-order valence-electron chi connectivity index (χ4n) is 2.87. The first kappa shape index (κ1) is 16.1. The van der Waals surface area contributed by atoms with Crippen LogP contribution in [-0.4, -0.2) is 20.1 Å². The Bertz CT molecular complexity index is 990. The van der Waals surface area contributed by atoms with Gasteiger partial charge in [-0.3, -0.25) is 4.98 Å². The highest BCUT2D eigenvalue weighted by atomic mass is 16.3. The van der Waals surface area contributed by atoms with Gasteiger partial charge in [-0.25, -0.2) is 9.97 Å². The zero-order valence-corrected chi connectivity index (χ0v) is 14.0. The smallest absolute Gasteiger partial charge is 0.161 e. The average molecular weight is 339 g/mol. The molecule has 0 radical (unpaired) electrons. The summed E-state index contributed by atoms with van der Waals surface area (Å²) in [6.45, 7) is 0. The van der Waals surface area contributed by atoms with Crippen LogP contribution in [0.3, 0.4) is 0 Å². The van der Waals surface area contributed by atoms with Crippen molar-refractivity contribution in [3.8, 4) is 22.6 Å². The minimum Gasteiger partial charge on any atom is -0.384 e. The van der Waals surface area contributed by atoms with Crippen LogP contribution in [0.25, 0.3) is 22.6 Å². The molecule has 4 aromatic rings. The summed E-state index contributed by atoms with van der Waals surface area (Å²) in [6, 6.07) is 23.2. The van der Waals surface area contributed by atoms with Gasteiger partial charge in [0.05, 0.1) is 5.69 Å². The molecule has 0 saturated heterocycles. The van der Waals surface area contributed by atoms with E-state index in [1.165, 1.54) is 0 Å². The first-order chi connectivity index (χ1) is 12.8. The molecule has 2 aromatic heterocycles. The van der Waals surface area contributed by atoms with Crippen molar-refractivity contribution in [3.63, 3.8) is 0 Å². The second-order valence-electron chi connectivity index (χ2n) is 5.92. The summed E-state index contributed by atoms with van der Waals surface area (Å²) in [4.78, 5) is 13.4. The summed E-state index contributed by atoms with van der Waals surface area (Å²) in [6.07, 6.45) is 4.36. The number of pyridine rings is 1. The van der Waals surface area contributed by atoms with E-state index < -0.39 is 6.10 Å². The summed E-state index contributed by atoms with van der Waals surface area (Å²) < 4.78 is 0. The van der Waals surface area contributed by atoms with Gasteiger partial charge in [-0.15, -0.1) is 0 Å². The molecule has 26 heavy (non-hydrogen) atoms. The monoisotopic (exact) mass is 339 g/mol. The van der Waals surface area contributed by atoms with Crippen molar-refractivity contribution in [2.75, 3.05) is 0 Å². The van der Waals surface area contributed by atoms with Crippen LogP contribution in [0.2, 0.25) is 0 Å². The van der Waals surface area contributed by atoms with Gasteiger partial charge in [-0.2, -0.15) is 0 Å². The van der Waals surface area contributed by atoms with E-state index >= 15 is 0 Å². The molecule has 0 fully saturated rings. The molecule has 1 atom stereocenters. The number of aromatic nitrogens is 3. The van der Waals surface area contributed by atoms with Crippen LogP contribution in [0.4, 0.5) is 0 Å². The zero-order chi connectivity index (χ0) is 17.8. The molecule has 2 heterocycles. The molecule has 2 aromatic carbocycles. The van der Waals surface area contributed by atoms with Gasteiger partial charge in [-0.1, -0.05) is 60.7 Å². The summed E-state index contributed by atoms with van der Waals surface area (Å²) in [5.41, 5.74) is 3.98. The highest BCUT2D eigenvalue weighted by Crippen LogP contribution is 2.31. The van der Waals surface area contributed by atoms with Gasteiger partial charge in [-0.05, 0) is 17.7 Å². The Morgan fingerprint density at radius 3 is 2.12 bits per heavy atom. The number of nitrogens with zero attached hydrogens (tertiary/aromatic N) is 3. The molecule has 4 nitrogen and oxygen atoms in total. The molecule has 0 amide bonds. The Morgan fingerprint density at radius 2 is 1.42 bits per heavy atom. The quantitative estimate of drug-likeness (QED) is 0.603. The molecule has 0 aliphatic rings. The molecule has 0 bridgehead atoms.